The number of ketones is 1. The molecule has 0 aromatic heterocycles. The molecule has 0 saturated carbocycles. The number of carbonyl (C=O) groups excluding carboxylic acids is 5. The molecular formula is C31H47N3O7. The molecule has 10 nitrogen and oxygen atoms in total. The van der Waals surface area contributed by atoms with Gasteiger partial charge in [-0.05, 0) is 77.6 Å². The van der Waals surface area contributed by atoms with Gasteiger partial charge in [-0.15, -0.1) is 0 Å². The maximum atomic E-state index is 13.3. The summed E-state index contributed by atoms with van der Waals surface area (Å²) in [5.41, 5.74) is 0.455. The fourth-order valence-corrected chi connectivity index (χ4v) is 4.64. The molecule has 1 atom stereocenters. The van der Waals surface area contributed by atoms with Gasteiger partial charge >= 0.3 is 6.09 Å². The predicted octanol–water partition coefficient (Wildman–Crippen LogP) is 4.27. The lowest BCUT2D eigenvalue weighted by Crippen LogP contribution is -2.50. The number of rotatable bonds is 15. The molecule has 1 aliphatic heterocycles. The Balaban J connectivity index is 1.83. The third kappa shape index (κ3) is 10.9. The number of aryl methyl sites for hydroxylation is 1. The van der Waals surface area contributed by atoms with E-state index in [1.165, 1.54) is 0 Å². The Hall–Kier alpha value is -3.27. The van der Waals surface area contributed by atoms with Gasteiger partial charge in [-0.1, -0.05) is 19.9 Å². The normalized spacial score (nSPS) is 14.9. The second-order valence-corrected chi connectivity index (χ2v) is 11.8. The summed E-state index contributed by atoms with van der Waals surface area (Å²) in [6, 6.07) is 4.15. The van der Waals surface area contributed by atoms with Crippen LogP contribution >= 0.6 is 0 Å². The number of piperazine rings is 1. The molecule has 0 N–H and O–H groups in total. The van der Waals surface area contributed by atoms with Crippen LogP contribution in [0.15, 0.2) is 18.2 Å². The van der Waals surface area contributed by atoms with Crippen LogP contribution in [0.1, 0.15) is 82.6 Å². The van der Waals surface area contributed by atoms with E-state index in [0.717, 1.165) is 43.8 Å². The van der Waals surface area contributed by atoms with Gasteiger partial charge in [-0.25, -0.2) is 4.79 Å². The molecule has 1 saturated heterocycles. The van der Waals surface area contributed by atoms with Gasteiger partial charge in [0.15, 0.2) is 5.78 Å². The molecule has 0 aliphatic carbocycles. The zero-order valence-corrected chi connectivity index (χ0v) is 25.5. The molecule has 0 spiro atoms. The highest BCUT2D eigenvalue weighted by Crippen LogP contribution is 2.22. The van der Waals surface area contributed by atoms with E-state index in [1.54, 1.807) is 43.9 Å². The smallest absolute Gasteiger partial charge is 0.410 e. The van der Waals surface area contributed by atoms with Crippen LogP contribution < -0.4 is 4.74 Å². The van der Waals surface area contributed by atoms with Crippen LogP contribution in [-0.4, -0.2) is 96.2 Å². The van der Waals surface area contributed by atoms with E-state index < -0.39 is 17.6 Å². The van der Waals surface area contributed by atoms with Crippen molar-refractivity contribution >= 4 is 30.5 Å². The van der Waals surface area contributed by atoms with Crippen molar-refractivity contribution in [3.8, 4) is 5.75 Å². The van der Waals surface area contributed by atoms with Crippen molar-refractivity contribution in [2.24, 2.45) is 5.92 Å². The molecule has 1 aliphatic rings. The Kier molecular flexibility index (Phi) is 13.4. The number of ether oxygens (including phenoxy) is 2. The van der Waals surface area contributed by atoms with Crippen LogP contribution in [-0.2, 0) is 19.1 Å². The summed E-state index contributed by atoms with van der Waals surface area (Å²) < 4.78 is 11.4. The molecule has 1 unspecified atom stereocenters. The van der Waals surface area contributed by atoms with E-state index in [2.05, 4.69) is 4.90 Å². The average molecular weight is 574 g/mol. The van der Waals surface area contributed by atoms with Crippen molar-refractivity contribution in [1.82, 2.24) is 14.7 Å². The summed E-state index contributed by atoms with van der Waals surface area (Å²) in [7, 11) is 0. The molecule has 1 fully saturated rings. The van der Waals surface area contributed by atoms with Crippen molar-refractivity contribution in [2.45, 2.75) is 85.3 Å². The summed E-state index contributed by atoms with van der Waals surface area (Å²) in [4.78, 5) is 66.2. The van der Waals surface area contributed by atoms with Gasteiger partial charge in [0.2, 0.25) is 6.41 Å². The lowest BCUT2D eigenvalue weighted by atomic mass is 9.96. The number of imide groups is 1. The van der Waals surface area contributed by atoms with E-state index in [1.807, 2.05) is 20.8 Å². The summed E-state index contributed by atoms with van der Waals surface area (Å²) in [6.45, 7) is 15.2. The van der Waals surface area contributed by atoms with Gasteiger partial charge < -0.3 is 19.2 Å². The Morgan fingerprint density at radius 1 is 1.02 bits per heavy atom. The zero-order chi connectivity index (χ0) is 30.6. The van der Waals surface area contributed by atoms with Crippen molar-refractivity contribution in [2.75, 3.05) is 39.3 Å². The first-order valence-corrected chi connectivity index (χ1v) is 14.6. The fraction of sp³-hybridized carbons (Fsp3) is 0.645. The van der Waals surface area contributed by atoms with Crippen LogP contribution in [0.4, 0.5) is 4.79 Å². The zero-order valence-electron chi connectivity index (χ0n) is 25.5. The lowest BCUT2D eigenvalue weighted by Gasteiger charge is -2.35. The number of nitrogens with zero attached hydrogens (tertiary/aromatic N) is 3. The van der Waals surface area contributed by atoms with Gasteiger partial charge in [-0.2, -0.15) is 0 Å². The third-order valence-corrected chi connectivity index (χ3v) is 6.99. The molecule has 1 heterocycles. The van der Waals surface area contributed by atoms with Crippen molar-refractivity contribution in [3.05, 3.63) is 29.3 Å². The Morgan fingerprint density at radius 3 is 2.29 bits per heavy atom. The van der Waals surface area contributed by atoms with Crippen molar-refractivity contribution < 1.29 is 33.4 Å². The standard InChI is InChI=1S/C31H47N3O7/c1-23(2)28(37)27(11-10-19-35)34(22-36)29(38)26-21-25(13-12-24(26)3)40-20-9-7-8-14-32-15-17-33(18-16-32)30(39)41-31(4,5)6/h12-13,19,21-23,27H,7-11,14-18,20H2,1-6H3. The summed E-state index contributed by atoms with van der Waals surface area (Å²) in [6.07, 6.45) is 3.79. The largest absolute Gasteiger partial charge is 0.494 e. The first kappa shape index (κ1) is 33.9. The van der Waals surface area contributed by atoms with Gasteiger partial charge in [0.05, 0.1) is 12.6 Å². The number of carbonyl (C=O) groups is 5. The molecule has 1 aromatic carbocycles. The topological polar surface area (TPSA) is 114 Å². The van der Waals surface area contributed by atoms with E-state index in [4.69, 9.17) is 9.47 Å². The molecule has 1 aromatic rings. The molecule has 10 heteroatoms. The van der Waals surface area contributed by atoms with Crippen LogP contribution in [0.5, 0.6) is 5.75 Å². The van der Waals surface area contributed by atoms with Crippen molar-refractivity contribution in [1.29, 1.82) is 0 Å². The SMILES string of the molecule is Cc1ccc(OCCCCCN2CCN(C(=O)OC(C)(C)C)CC2)cc1C(=O)N(C=O)C(CCC=O)C(=O)C(C)C. The predicted molar refractivity (Wildman–Crippen MR) is 156 cm³/mol. The maximum Gasteiger partial charge on any atom is 0.410 e. The molecular weight excluding hydrogens is 526 g/mol. The highest BCUT2D eigenvalue weighted by Gasteiger charge is 2.32. The van der Waals surface area contributed by atoms with Crippen LogP contribution in [0.25, 0.3) is 0 Å². The Labute approximate surface area is 244 Å². The first-order chi connectivity index (χ1) is 19.4. The Bertz CT molecular complexity index is 1040. The van der Waals surface area contributed by atoms with Gasteiger partial charge in [0.25, 0.3) is 5.91 Å². The molecule has 3 amide bonds. The summed E-state index contributed by atoms with van der Waals surface area (Å²) >= 11 is 0. The first-order valence-electron chi connectivity index (χ1n) is 14.6. The lowest BCUT2D eigenvalue weighted by molar-refractivity contribution is -0.131. The molecule has 2 rings (SSSR count). The van der Waals surface area contributed by atoms with Gasteiger partial charge in [0.1, 0.15) is 17.6 Å². The number of unbranched alkanes of at least 4 members (excludes halogenated alkanes) is 2. The molecule has 41 heavy (non-hydrogen) atoms. The van der Waals surface area contributed by atoms with Crippen LogP contribution in [0.3, 0.4) is 0 Å². The van der Waals surface area contributed by atoms with Crippen molar-refractivity contribution in [3.63, 3.8) is 0 Å². The number of Topliss-reactive ketones (excluding diaryl/α,β-unsaturated/α-hetero) is 1. The minimum absolute atomic E-state index is 0.0746. The summed E-state index contributed by atoms with van der Waals surface area (Å²) in [5, 5.41) is 0. The second-order valence-electron chi connectivity index (χ2n) is 11.8. The third-order valence-electron chi connectivity index (χ3n) is 6.99. The monoisotopic (exact) mass is 573 g/mol. The Morgan fingerprint density at radius 2 is 1.71 bits per heavy atom. The van der Waals surface area contributed by atoms with E-state index >= 15 is 0 Å². The van der Waals surface area contributed by atoms with Crippen LogP contribution in [0, 0.1) is 12.8 Å². The van der Waals surface area contributed by atoms with Gasteiger partial charge in [-0.3, -0.25) is 24.2 Å². The highest BCUT2D eigenvalue weighted by molar-refractivity contribution is 6.04. The van der Waals surface area contributed by atoms with Crippen LogP contribution in [0.2, 0.25) is 0 Å². The second kappa shape index (κ2) is 16.2. The number of aldehydes is 1. The van der Waals surface area contributed by atoms with E-state index in [0.29, 0.717) is 43.7 Å². The van der Waals surface area contributed by atoms with E-state index in [9.17, 15) is 24.0 Å². The number of hydrogen-bond donors (Lipinski definition) is 0. The number of benzene rings is 1. The number of hydrogen-bond acceptors (Lipinski definition) is 8. The molecule has 0 radical (unpaired) electrons. The van der Waals surface area contributed by atoms with E-state index in [-0.39, 0.29) is 36.2 Å². The quantitative estimate of drug-likeness (QED) is 0.226. The minimum Gasteiger partial charge on any atom is -0.494 e. The van der Waals surface area contributed by atoms with Gasteiger partial charge in [0, 0.05) is 44.1 Å². The minimum atomic E-state index is -0.991. The molecule has 0 bridgehead atoms. The average Bonchev–Trinajstić information content (AvgIpc) is 2.92. The molecule has 228 valence electrons. The number of amides is 3. The highest BCUT2D eigenvalue weighted by atomic mass is 16.6. The summed E-state index contributed by atoms with van der Waals surface area (Å²) in [5.74, 6) is -0.718. The maximum absolute atomic E-state index is 13.3. The fourth-order valence-electron chi connectivity index (χ4n) is 4.64.